The molecule has 3 N–H and O–H groups in total. The fourth-order valence-corrected chi connectivity index (χ4v) is 4.03. The molecule has 1 aliphatic heterocycles. The van der Waals surface area contributed by atoms with Crippen molar-refractivity contribution in [2.45, 2.75) is 65.0 Å². The quantitative estimate of drug-likeness (QED) is 0.288. The molecule has 3 amide bonds. The summed E-state index contributed by atoms with van der Waals surface area (Å²) in [4.78, 5) is 44.8. The van der Waals surface area contributed by atoms with Crippen LogP contribution in [-0.2, 0) is 19.1 Å². The van der Waals surface area contributed by atoms with Gasteiger partial charge in [-0.1, -0.05) is 48.5 Å². The monoisotopic (exact) mass is 544 g/mol. The molecule has 2 aromatic rings. The summed E-state index contributed by atoms with van der Waals surface area (Å²) in [6.07, 6.45) is 5.46. The lowest BCUT2D eigenvalue weighted by atomic mass is 9.94. The fraction of sp³-hybridized carbons (Fsp3) is 0.536. The normalized spacial score (nSPS) is 16.4. The summed E-state index contributed by atoms with van der Waals surface area (Å²) < 4.78 is 14.7. The lowest BCUT2D eigenvalue weighted by Crippen LogP contribution is -2.46. The Labute approximate surface area is 229 Å². The number of carbonyl (C=O) groups is 4. The Hall–Kier alpha value is -3.73. The Bertz CT molecular complexity index is 1040. The number of nitrogens with one attached hydrogen (secondary N) is 3. The van der Waals surface area contributed by atoms with Gasteiger partial charge in [0.1, 0.15) is 11.9 Å². The average molecular weight is 545 g/mol. The molecule has 0 radical (unpaired) electrons. The van der Waals surface area contributed by atoms with Gasteiger partial charge in [0.15, 0.2) is 5.78 Å². The largest absolute Gasteiger partial charge is 0.497 e. The van der Waals surface area contributed by atoms with Gasteiger partial charge in [-0.25, -0.2) is 0 Å². The third kappa shape index (κ3) is 12.1. The van der Waals surface area contributed by atoms with Gasteiger partial charge in [0.25, 0.3) is 5.91 Å². The van der Waals surface area contributed by atoms with E-state index in [0.29, 0.717) is 37.6 Å². The van der Waals surface area contributed by atoms with Crippen molar-refractivity contribution in [1.29, 1.82) is 0 Å². The van der Waals surface area contributed by atoms with Crippen LogP contribution >= 0.6 is 0 Å². The van der Waals surface area contributed by atoms with E-state index in [0.717, 1.165) is 18.6 Å². The first-order chi connectivity index (χ1) is 18.8. The van der Waals surface area contributed by atoms with Crippen LogP contribution in [0.2, 0.25) is 0 Å². The molecule has 2 atom stereocenters. The highest BCUT2D eigenvalue weighted by Gasteiger charge is 2.38. The van der Waals surface area contributed by atoms with Crippen molar-refractivity contribution in [2.24, 2.45) is 5.92 Å². The molecule has 214 valence electrons. The van der Waals surface area contributed by atoms with E-state index in [9.17, 15) is 19.2 Å². The Balaban J connectivity index is 0.000000226. The van der Waals surface area contributed by atoms with Crippen LogP contribution in [0, 0.1) is 19.8 Å². The molecule has 11 nitrogen and oxygen atoms in total. The lowest BCUT2D eigenvalue weighted by molar-refractivity contribution is -0.128. The highest BCUT2D eigenvalue weighted by atomic mass is 16.6. The Morgan fingerprint density at radius 3 is 2.33 bits per heavy atom. The minimum Gasteiger partial charge on any atom is -0.497 e. The smallest absolute Gasteiger partial charge is 0.289 e. The third-order valence-electron chi connectivity index (χ3n) is 6.16. The zero-order valence-corrected chi connectivity index (χ0v) is 23.2. The maximum atomic E-state index is 12.1. The van der Waals surface area contributed by atoms with Gasteiger partial charge in [0.05, 0.1) is 32.0 Å². The topological polar surface area (TPSA) is 152 Å². The molecule has 2 unspecified atom stereocenters. The minimum absolute atomic E-state index is 0.0358. The molecular formula is C28H40N4O7. The SMILES string of the molecule is CCNC(=O)c1cc(C)no1.COc1ccc(C)cc1.O=CNCC(=O)NC(CC1CCCC1)C(=O)C1CO1. The average Bonchev–Trinajstić information content (AvgIpc) is 3.48. The van der Waals surface area contributed by atoms with Gasteiger partial charge >= 0.3 is 0 Å². The Morgan fingerprint density at radius 2 is 1.82 bits per heavy atom. The van der Waals surface area contributed by atoms with E-state index in [1.54, 1.807) is 20.1 Å². The molecule has 11 heteroatoms. The van der Waals surface area contributed by atoms with Crippen molar-refractivity contribution in [3.63, 3.8) is 0 Å². The summed E-state index contributed by atoms with van der Waals surface area (Å²) in [5, 5.41) is 11.2. The number of nitrogens with zero attached hydrogens (tertiary/aromatic N) is 1. The van der Waals surface area contributed by atoms with E-state index in [1.165, 1.54) is 18.4 Å². The maximum absolute atomic E-state index is 12.1. The minimum atomic E-state index is -0.475. The standard InChI is InChI=1S/C13H20N2O4.C8H10O.C7H10N2O2/c16-8-14-6-12(17)15-10(13(18)11-7-19-11)5-9-3-1-2-4-9;1-7-3-5-8(9-2)6-4-7;1-3-8-7(10)6-4-5(2)9-11-6/h8-11H,1-7H2,(H,14,16)(H,15,17);3-6H,1-2H3;4H,3H2,1-2H3,(H,8,10). The van der Waals surface area contributed by atoms with Crippen LogP contribution in [0.3, 0.4) is 0 Å². The van der Waals surface area contributed by atoms with Crippen LogP contribution in [0.5, 0.6) is 5.75 Å². The van der Waals surface area contributed by atoms with Crippen LogP contribution in [-0.4, -0.2) is 68.1 Å². The number of methoxy groups -OCH3 is 1. The first-order valence-corrected chi connectivity index (χ1v) is 13.2. The van der Waals surface area contributed by atoms with E-state index < -0.39 is 6.04 Å². The van der Waals surface area contributed by atoms with Crippen LogP contribution < -0.4 is 20.7 Å². The fourth-order valence-electron chi connectivity index (χ4n) is 4.03. The molecule has 2 aliphatic rings. The van der Waals surface area contributed by atoms with Crippen LogP contribution in [0.1, 0.15) is 60.8 Å². The number of amides is 3. The van der Waals surface area contributed by atoms with Crippen molar-refractivity contribution in [1.82, 2.24) is 21.1 Å². The molecule has 4 rings (SSSR count). The summed E-state index contributed by atoms with van der Waals surface area (Å²) in [7, 11) is 1.67. The van der Waals surface area contributed by atoms with Crippen molar-refractivity contribution >= 4 is 24.0 Å². The van der Waals surface area contributed by atoms with Crippen molar-refractivity contribution in [3.8, 4) is 5.75 Å². The molecular weight excluding hydrogens is 504 g/mol. The number of ketones is 1. The molecule has 1 aromatic carbocycles. The molecule has 1 aliphatic carbocycles. The van der Waals surface area contributed by atoms with E-state index in [-0.39, 0.29) is 36.0 Å². The number of aromatic nitrogens is 1. The molecule has 39 heavy (non-hydrogen) atoms. The predicted octanol–water partition coefficient (Wildman–Crippen LogP) is 2.50. The van der Waals surface area contributed by atoms with Crippen LogP contribution in [0.25, 0.3) is 0 Å². The Kier molecular flexibility index (Phi) is 13.7. The van der Waals surface area contributed by atoms with Gasteiger partial charge in [-0.2, -0.15) is 0 Å². The second kappa shape index (κ2) is 17.0. The number of aryl methyl sites for hydroxylation is 2. The van der Waals surface area contributed by atoms with Crippen molar-refractivity contribution in [3.05, 3.63) is 47.3 Å². The molecule has 0 bridgehead atoms. The molecule has 1 aromatic heterocycles. The van der Waals surface area contributed by atoms with E-state index in [1.807, 2.05) is 31.2 Å². The molecule has 1 saturated heterocycles. The molecule has 0 spiro atoms. The summed E-state index contributed by atoms with van der Waals surface area (Å²) in [5.41, 5.74) is 1.97. The second-order valence-corrected chi connectivity index (χ2v) is 9.44. The Morgan fingerprint density at radius 1 is 1.15 bits per heavy atom. The highest BCUT2D eigenvalue weighted by Crippen LogP contribution is 2.29. The summed E-state index contributed by atoms with van der Waals surface area (Å²) in [5.74, 6) is 1.11. The lowest BCUT2D eigenvalue weighted by Gasteiger charge is -2.20. The summed E-state index contributed by atoms with van der Waals surface area (Å²) in [6.45, 7) is 6.64. The maximum Gasteiger partial charge on any atom is 0.289 e. The predicted molar refractivity (Wildman–Crippen MR) is 144 cm³/mol. The van der Waals surface area contributed by atoms with Gasteiger partial charge in [0.2, 0.25) is 18.1 Å². The van der Waals surface area contributed by atoms with E-state index in [2.05, 4.69) is 28.0 Å². The number of epoxide rings is 1. The number of Topliss-reactive ketones (excluding diaryl/α,β-unsaturated/α-hetero) is 1. The van der Waals surface area contributed by atoms with Crippen molar-refractivity contribution < 1.29 is 33.2 Å². The number of benzene rings is 1. The first-order valence-electron chi connectivity index (χ1n) is 13.2. The summed E-state index contributed by atoms with van der Waals surface area (Å²) in [6, 6.07) is 9.09. The number of rotatable bonds is 11. The third-order valence-corrected chi connectivity index (χ3v) is 6.16. The number of hydrogen-bond donors (Lipinski definition) is 3. The van der Waals surface area contributed by atoms with Gasteiger partial charge < -0.3 is 29.9 Å². The van der Waals surface area contributed by atoms with Crippen molar-refractivity contribution in [2.75, 3.05) is 26.8 Å². The van der Waals surface area contributed by atoms with Gasteiger partial charge in [-0.05, 0) is 45.2 Å². The van der Waals surface area contributed by atoms with Gasteiger partial charge in [-0.15, -0.1) is 0 Å². The van der Waals surface area contributed by atoms with Crippen LogP contribution in [0.4, 0.5) is 0 Å². The van der Waals surface area contributed by atoms with Gasteiger partial charge in [0, 0.05) is 12.6 Å². The van der Waals surface area contributed by atoms with E-state index in [4.69, 9.17) is 14.0 Å². The zero-order chi connectivity index (χ0) is 28.6. The molecule has 2 heterocycles. The summed E-state index contributed by atoms with van der Waals surface area (Å²) >= 11 is 0. The second-order valence-electron chi connectivity index (χ2n) is 9.44. The number of hydrogen-bond acceptors (Lipinski definition) is 8. The molecule has 1 saturated carbocycles. The number of carbonyl (C=O) groups excluding carboxylic acids is 4. The first kappa shape index (κ1) is 31.5. The molecule has 2 fully saturated rings. The highest BCUT2D eigenvalue weighted by molar-refractivity contribution is 5.94. The number of ether oxygens (including phenoxy) is 2. The van der Waals surface area contributed by atoms with Crippen LogP contribution in [0.15, 0.2) is 34.9 Å². The van der Waals surface area contributed by atoms with E-state index >= 15 is 0 Å². The zero-order valence-electron chi connectivity index (χ0n) is 23.2. The van der Waals surface area contributed by atoms with Gasteiger partial charge in [-0.3, -0.25) is 19.2 Å².